The van der Waals surface area contributed by atoms with Gasteiger partial charge in [0.25, 0.3) is 0 Å². The van der Waals surface area contributed by atoms with Crippen LogP contribution in [0.15, 0.2) is 47.4 Å². The summed E-state index contributed by atoms with van der Waals surface area (Å²) in [5.74, 6) is -1.80. The van der Waals surface area contributed by atoms with Gasteiger partial charge in [-0.25, -0.2) is 12.8 Å². The Bertz CT molecular complexity index is 1120. The van der Waals surface area contributed by atoms with E-state index in [-0.39, 0.29) is 11.0 Å². The van der Waals surface area contributed by atoms with Crippen LogP contribution in [0.5, 0.6) is 0 Å². The molecule has 0 atom stereocenters. The summed E-state index contributed by atoms with van der Waals surface area (Å²) >= 11 is 0. The SMILES string of the molecule is O=C(CN(C1CCCCC1)S(=O)(=O)c1ccc(F)cc1)Nc1cc(C(F)(F)F)cc(C(F)(F)F)c1. The van der Waals surface area contributed by atoms with Gasteiger partial charge in [-0.2, -0.15) is 30.6 Å². The quantitative estimate of drug-likeness (QED) is 0.482. The topological polar surface area (TPSA) is 66.5 Å². The normalized spacial score (nSPS) is 15.9. The fraction of sp³-hybridized carbons (Fsp3) is 0.409. The Balaban J connectivity index is 1.91. The van der Waals surface area contributed by atoms with Gasteiger partial charge in [-0.15, -0.1) is 0 Å². The minimum absolute atomic E-state index is 0.0804. The number of nitrogens with zero attached hydrogens (tertiary/aromatic N) is 1. The number of amides is 1. The molecule has 0 heterocycles. The molecular formula is C22H21F7N2O3S. The molecule has 5 nitrogen and oxygen atoms in total. The van der Waals surface area contributed by atoms with Crippen molar-refractivity contribution >= 4 is 21.6 Å². The molecule has 0 aromatic heterocycles. The van der Waals surface area contributed by atoms with Crippen LogP contribution >= 0.6 is 0 Å². The van der Waals surface area contributed by atoms with Gasteiger partial charge < -0.3 is 5.32 Å². The van der Waals surface area contributed by atoms with Crippen LogP contribution in [0.3, 0.4) is 0 Å². The van der Waals surface area contributed by atoms with Gasteiger partial charge in [0.2, 0.25) is 15.9 Å². The number of sulfonamides is 1. The average Bonchev–Trinajstić information content (AvgIpc) is 2.77. The van der Waals surface area contributed by atoms with Gasteiger partial charge in [0.15, 0.2) is 0 Å². The maximum absolute atomic E-state index is 13.3. The van der Waals surface area contributed by atoms with Crippen molar-refractivity contribution in [1.29, 1.82) is 0 Å². The Hall–Kier alpha value is -2.67. The summed E-state index contributed by atoms with van der Waals surface area (Å²) in [6.45, 7) is -0.845. The molecule has 0 radical (unpaired) electrons. The number of alkyl halides is 6. The molecule has 0 aliphatic heterocycles. The van der Waals surface area contributed by atoms with Crippen molar-refractivity contribution in [3.8, 4) is 0 Å². The number of hydrogen-bond donors (Lipinski definition) is 1. The van der Waals surface area contributed by atoms with E-state index in [0.717, 1.165) is 35.0 Å². The summed E-state index contributed by atoms with van der Waals surface area (Å²) in [6, 6.07) is 3.86. The third-order valence-corrected chi connectivity index (χ3v) is 7.49. The molecule has 3 rings (SSSR count). The second-order valence-corrected chi connectivity index (χ2v) is 10.0. The highest BCUT2D eigenvalue weighted by molar-refractivity contribution is 7.89. The fourth-order valence-corrected chi connectivity index (χ4v) is 5.53. The van der Waals surface area contributed by atoms with E-state index in [9.17, 15) is 43.9 Å². The predicted molar refractivity (Wildman–Crippen MR) is 112 cm³/mol. The molecule has 0 spiro atoms. The molecule has 1 N–H and O–H groups in total. The molecule has 1 saturated carbocycles. The van der Waals surface area contributed by atoms with Crippen LogP contribution in [-0.2, 0) is 27.2 Å². The van der Waals surface area contributed by atoms with E-state index in [1.807, 2.05) is 5.32 Å². The molecule has 0 unspecified atom stereocenters. The lowest BCUT2D eigenvalue weighted by atomic mass is 9.95. The number of carbonyl (C=O) groups excluding carboxylic acids is 1. The lowest BCUT2D eigenvalue weighted by Crippen LogP contribution is -2.45. The number of anilines is 1. The number of halogens is 7. The van der Waals surface area contributed by atoms with Gasteiger partial charge in [-0.3, -0.25) is 4.79 Å². The standard InChI is InChI=1S/C22H21F7N2O3S/c23-16-6-8-19(9-7-16)35(33,34)31(18-4-2-1-3-5-18)13-20(32)30-17-11-14(21(24,25)26)10-15(12-17)22(27,28)29/h6-12,18H,1-5,13H2,(H,30,32). The lowest BCUT2D eigenvalue weighted by molar-refractivity contribution is -0.143. The molecule has 13 heteroatoms. The van der Waals surface area contributed by atoms with Crippen molar-refractivity contribution in [2.45, 2.75) is 55.4 Å². The first-order valence-electron chi connectivity index (χ1n) is 10.5. The Morgan fingerprint density at radius 3 is 1.89 bits per heavy atom. The molecule has 35 heavy (non-hydrogen) atoms. The molecule has 1 amide bonds. The summed E-state index contributed by atoms with van der Waals surface area (Å²) in [5.41, 5.74) is -4.02. The van der Waals surface area contributed by atoms with Crippen molar-refractivity contribution in [2.75, 3.05) is 11.9 Å². The van der Waals surface area contributed by atoms with Crippen molar-refractivity contribution in [1.82, 2.24) is 4.31 Å². The highest BCUT2D eigenvalue weighted by atomic mass is 32.2. The van der Waals surface area contributed by atoms with Crippen LogP contribution in [0.25, 0.3) is 0 Å². The van der Waals surface area contributed by atoms with E-state index in [0.29, 0.717) is 37.8 Å². The van der Waals surface area contributed by atoms with E-state index >= 15 is 0 Å². The average molecular weight is 526 g/mol. The molecule has 192 valence electrons. The van der Waals surface area contributed by atoms with Crippen LogP contribution in [0.1, 0.15) is 43.2 Å². The van der Waals surface area contributed by atoms with Gasteiger partial charge in [0.1, 0.15) is 5.82 Å². The Morgan fingerprint density at radius 1 is 0.886 bits per heavy atom. The largest absolute Gasteiger partial charge is 0.416 e. The lowest BCUT2D eigenvalue weighted by Gasteiger charge is -2.33. The van der Waals surface area contributed by atoms with Crippen LogP contribution < -0.4 is 5.32 Å². The Kier molecular flexibility index (Phi) is 7.80. The second kappa shape index (κ2) is 10.1. The molecular weight excluding hydrogens is 505 g/mol. The van der Waals surface area contributed by atoms with Crippen LogP contribution in [0, 0.1) is 5.82 Å². The maximum Gasteiger partial charge on any atom is 0.416 e. The second-order valence-electron chi connectivity index (χ2n) is 8.14. The van der Waals surface area contributed by atoms with Gasteiger partial charge in [-0.05, 0) is 55.3 Å². The van der Waals surface area contributed by atoms with E-state index in [4.69, 9.17) is 0 Å². The van der Waals surface area contributed by atoms with Crippen molar-refractivity contribution in [2.24, 2.45) is 0 Å². The fourth-order valence-electron chi connectivity index (χ4n) is 3.89. The van der Waals surface area contributed by atoms with Gasteiger partial charge >= 0.3 is 12.4 Å². The molecule has 0 bridgehead atoms. The molecule has 0 saturated heterocycles. The number of rotatable bonds is 6. The van der Waals surface area contributed by atoms with Crippen molar-refractivity contribution in [3.63, 3.8) is 0 Å². The third-order valence-electron chi connectivity index (χ3n) is 5.57. The number of benzene rings is 2. The zero-order valence-corrected chi connectivity index (χ0v) is 18.9. The number of carbonyl (C=O) groups is 1. The zero-order chi connectivity index (χ0) is 26.0. The smallest absolute Gasteiger partial charge is 0.325 e. The Morgan fingerprint density at radius 2 is 1.40 bits per heavy atom. The summed E-state index contributed by atoms with van der Waals surface area (Å²) in [7, 11) is -4.32. The van der Waals surface area contributed by atoms with E-state index in [2.05, 4.69) is 0 Å². The predicted octanol–water partition coefficient (Wildman–Crippen LogP) is 5.83. The Labute approximate surface area is 197 Å². The summed E-state index contributed by atoms with van der Waals surface area (Å²) in [5, 5.41) is 1.96. The van der Waals surface area contributed by atoms with E-state index in [1.54, 1.807) is 0 Å². The van der Waals surface area contributed by atoms with Gasteiger partial charge in [-0.1, -0.05) is 19.3 Å². The van der Waals surface area contributed by atoms with E-state index in [1.165, 1.54) is 0 Å². The molecule has 2 aromatic rings. The van der Waals surface area contributed by atoms with Crippen LogP contribution in [0.2, 0.25) is 0 Å². The van der Waals surface area contributed by atoms with Crippen molar-refractivity contribution < 1.29 is 43.9 Å². The van der Waals surface area contributed by atoms with Gasteiger partial charge in [0, 0.05) is 11.7 Å². The monoisotopic (exact) mass is 526 g/mol. The first-order valence-corrected chi connectivity index (χ1v) is 12.0. The number of hydrogen-bond acceptors (Lipinski definition) is 3. The first-order chi connectivity index (χ1) is 16.2. The molecule has 1 fully saturated rings. The third kappa shape index (κ3) is 6.72. The molecule has 1 aliphatic carbocycles. The first kappa shape index (κ1) is 26.9. The molecule has 1 aliphatic rings. The van der Waals surface area contributed by atoms with Crippen molar-refractivity contribution in [3.05, 3.63) is 59.4 Å². The summed E-state index contributed by atoms with van der Waals surface area (Å²) in [6.07, 6.45) is -7.21. The van der Waals surface area contributed by atoms with Crippen LogP contribution in [-0.4, -0.2) is 31.2 Å². The highest BCUT2D eigenvalue weighted by Crippen LogP contribution is 2.37. The van der Waals surface area contributed by atoms with Crippen LogP contribution in [0.4, 0.5) is 36.4 Å². The van der Waals surface area contributed by atoms with Gasteiger partial charge in [0.05, 0.1) is 22.6 Å². The molecule has 2 aromatic carbocycles. The summed E-state index contributed by atoms with van der Waals surface area (Å²) in [4.78, 5) is 12.4. The minimum atomic E-state index is -5.11. The van der Waals surface area contributed by atoms with E-state index < -0.39 is 63.5 Å². The maximum atomic E-state index is 13.3. The zero-order valence-electron chi connectivity index (χ0n) is 18.1. The highest BCUT2D eigenvalue weighted by Gasteiger charge is 2.38. The minimum Gasteiger partial charge on any atom is -0.325 e. The summed E-state index contributed by atoms with van der Waals surface area (Å²) < 4.78 is 119. The number of nitrogens with one attached hydrogen (secondary N) is 1.